The van der Waals surface area contributed by atoms with Crippen LogP contribution in [0.2, 0.25) is 0 Å². The number of likely N-dealkylation sites (N-methyl/N-ethyl adjacent to an activating group) is 1. The van der Waals surface area contributed by atoms with Gasteiger partial charge in [-0.05, 0) is 37.2 Å². The van der Waals surface area contributed by atoms with E-state index >= 15 is 0 Å². The quantitative estimate of drug-likeness (QED) is 0.648. The van der Waals surface area contributed by atoms with Gasteiger partial charge in [-0.25, -0.2) is 5.01 Å². The number of aryl methyl sites for hydroxylation is 1. The molecule has 1 atom stereocenters. The summed E-state index contributed by atoms with van der Waals surface area (Å²) < 4.78 is 10.9. The molecule has 176 valence electrons. The van der Waals surface area contributed by atoms with Crippen molar-refractivity contribution in [2.75, 3.05) is 53.5 Å². The first kappa shape index (κ1) is 23.3. The molecule has 0 spiro atoms. The highest BCUT2D eigenvalue weighted by Gasteiger charge is 2.34. The van der Waals surface area contributed by atoms with Crippen LogP contribution < -0.4 is 9.47 Å². The molecule has 2 aliphatic heterocycles. The van der Waals surface area contributed by atoms with E-state index in [-0.39, 0.29) is 11.9 Å². The van der Waals surface area contributed by atoms with Gasteiger partial charge in [0.2, 0.25) is 0 Å². The normalized spacial score (nSPS) is 19.5. The average molecular weight is 451 g/mol. The lowest BCUT2D eigenvalue weighted by Gasteiger charge is -2.34. The lowest BCUT2D eigenvalue weighted by Crippen LogP contribution is -2.49. The first-order valence-electron chi connectivity index (χ1n) is 11.7. The van der Waals surface area contributed by atoms with Crippen LogP contribution in [0.15, 0.2) is 47.6 Å². The van der Waals surface area contributed by atoms with Crippen LogP contribution in [0.25, 0.3) is 0 Å². The maximum atomic E-state index is 13.4. The van der Waals surface area contributed by atoms with Crippen LogP contribution in [0.1, 0.15) is 36.1 Å². The maximum Gasteiger partial charge on any atom is 0.257 e. The number of nitrogens with zero attached hydrogens (tertiary/aromatic N) is 4. The van der Waals surface area contributed by atoms with Gasteiger partial charge in [0.1, 0.15) is 0 Å². The third-order valence-electron chi connectivity index (χ3n) is 6.62. The second-order valence-corrected chi connectivity index (χ2v) is 8.70. The Hall–Kier alpha value is -2.90. The van der Waals surface area contributed by atoms with E-state index in [1.165, 1.54) is 5.56 Å². The minimum Gasteiger partial charge on any atom is -0.493 e. The maximum absolute atomic E-state index is 13.4. The van der Waals surface area contributed by atoms with E-state index in [4.69, 9.17) is 14.6 Å². The molecule has 0 aromatic heterocycles. The lowest BCUT2D eigenvalue weighted by atomic mass is 9.97. The molecule has 0 aliphatic carbocycles. The Bertz CT molecular complexity index is 997. The van der Waals surface area contributed by atoms with Gasteiger partial charge in [-0.2, -0.15) is 5.10 Å². The van der Waals surface area contributed by atoms with Crippen molar-refractivity contribution in [1.82, 2.24) is 14.8 Å². The van der Waals surface area contributed by atoms with Crippen molar-refractivity contribution in [3.63, 3.8) is 0 Å². The largest absolute Gasteiger partial charge is 0.493 e. The number of hydrogen-bond donors (Lipinski definition) is 0. The Labute approximate surface area is 196 Å². The Morgan fingerprint density at radius 1 is 0.970 bits per heavy atom. The number of amides is 1. The molecule has 4 rings (SSSR count). The topological polar surface area (TPSA) is 57.6 Å². The Balaban J connectivity index is 1.58. The van der Waals surface area contributed by atoms with E-state index in [0.29, 0.717) is 24.5 Å². The summed E-state index contributed by atoms with van der Waals surface area (Å²) in [6.45, 7) is 9.54. The predicted octanol–water partition coefficient (Wildman–Crippen LogP) is 3.33. The van der Waals surface area contributed by atoms with E-state index in [2.05, 4.69) is 47.9 Å². The van der Waals surface area contributed by atoms with Crippen LogP contribution in [0, 0.1) is 6.92 Å². The number of hydrazone groups is 1. The molecule has 2 aromatic carbocycles. The molecule has 1 amide bonds. The molecule has 33 heavy (non-hydrogen) atoms. The standard InChI is InChI=1S/C26H34N4O3/c1-5-28-12-14-29(15-13-28)18-26(31)30-23(20-8-6-19(2)7-9-20)17-22(27-30)21-10-11-24(32-3)25(16-21)33-4/h6-11,16,23H,5,12-15,17-18H2,1-4H3/t23-/m1/s1. The van der Waals surface area contributed by atoms with Crippen molar-refractivity contribution >= 4 is 11.6 Å². The Morgan fingerprint density at radius 3 is 2.27 bits per heavy atom. The van der Waals surface area contributed by atoms with Gasteiger partial charge < -0.3 is 14.4 Å². The summed E-state index contributed by atoms with van der Waals surface area (Å²) in [5, 5.41) is 6.53. The third-order valence-corrected chi connectivity index (χ3v) is 6.62. The van der Waals surface area contributed by atoms with Gasteiger partial charge in [0.05, 0.1) is 32.5 Å². The zero-order valence-electron chi connectivity index (χ0n) is 20.1. The van der Waals surface area contributed by atoms with E-state index in [1.807, 2.05) is 18.2 Å². The molecular formula is C26H34N4O3. The fraction of sp³-hybridized carbons (Fsp3) is 0.462. The number of hydrogen-bond acceptors (Lipinski definition) is 6. The summed E-state index contributed by atoms with van der Waals surface area (Å²) in [6.07, 6.45) is 0.661. The van der Waals surface area contributed by atoms with E-state index in [0.717, 1.165) is 49.6 Å². The Morgan fingerprint density at radius 2 is 1.64 bits per heavy atom. The number of piperazine rings is 1. The molecule has 0 unspecified atom stereocenters. The van der Waals surface area contributed by atoms with Crippen molar-refractivity contribution in [3.05, 3.63) is 59.2 Å². The number of benzene rings is 2. The monoisotopic (exact) mass is 450 g/mol. The summed E-state index contributed by atoms with van der Waals surface area (Å²) in [5.41, 5.74) is 4.12. The first-order chi connectivity index (χ1) is 16.0. The van der Waals surface area contributed by atoms with Crippen molar-refractivity contribution in [2.24, 2.45) is 5.10 Å². The van der Waals surface area contributed by atoms with E-state index in [1.54, 1.807) is 19.2 Å². The van der Waals surface area contributed by atoms with Crippen molar-refractivity contribution in [3.8, 4) is 11.5 Å². The van der Waals surface area contributed by atoms with Gasteiger partial charge in [-0.3, -0.25) is 9.69 Å². The van der Waals surface area contributed by atoms with Crippen LogP contribution in [-0.2, 0) is 4.79 Å². The second kappa shape index (κ2) is 10.4. The molecule has 2 aromatic rings. The molecule has 7 heteroatoms. The zero-order chi connectivity index (χ0) is 23.4. The van der Waals surface area contributed by atoms with Crippen LogP contribution in [0.5, 0.6) is 11.5 Å². The van der Waals surface area contributed by atoms with Crippen LogP contribution in [0.4, 0.5) is 0 Å². The molecule has 0 bridgehead atoms. The first-order valence-corrected chi connectivity index (χ1v) is 11.7. The summed E-state index contributed by atoms with van der Waals surface area (Å²) in [4.78, 5) is 18.1. The van der Waals surface area contributed by atoms with Gasteiger partial charge >= 0.3 is 0 Å². The number of carbonyl (C=O) groups excluding carboxylic acids is 1. The van der Waals surface area contributed by atoms with Crippen molar-refractivity contribution in [2.45, 2.75) is 26.3 Å². The molecule has 0 radical (unpaired) electrons. The summed E-state index contributed by atoms with van der Waals surface area (Å²) in [6, 6.07) is 14.1. The van der Waals surface area contributed by atoms with Crippen molar-refractivity contribution < 1.29 is 14.3 Å². The average Bonchev–Trinajstić information content (AvgIpc) is 3.30. The summed E-state index contributed by atoms with van der Waals surface area (Å²) in [7, 11) is 3.25. The lowest BCUT2D eigenvalue weighted by molar-refractivity contribution is -0.134. The summed E-state index contributed by atoms with van der Waals surface area (Å²) >= 11 is 0. The van der Waals surface area contributed by atoms with E-state index in [9.17, 15) is 4.79 Å². The molecular weight excluding hydrogens is 416 g/mol. The van der Waals surface area contributed by atoms with Crippen LogP contribution in [0.3, 0.4) is 0 Å². The molecule has 1 fully saturated rings. The molecule has 0 N–H and O–H groups in total. The van der Waals surface area contributed by atoms with Gasteiger partial charge in [0.25, 0.3) is 5.91 Å². The minimum absolute atomic E-state index is 0.0426. The molecule has 1 saturated heterocycles. The van der Waals surface area contributed by atoms with Crippen LogP contribution >= 0.6 is 0 Å². The molecule has 2 heterocycles. The van der Waals surface area contributed by atoms with Gasteiger partial charge in [0, 0.05) is 38.2 Å². The molecule has 0 saturated carbocycles. The predicted molar refractivity (Wildman–Crippen MR) is 130 cm³/mol. The highest BCUT2D eigenvalue weighted by atomic mass is 16.5. The smallest absolute Gasteiger partial charge is 0.257 e. The SMILES string of the molecule is CCN1CCN(CC(=O)N2N=C(c3ccc(OC)c(OC)c3)C[C@@H]2c2ccc(C)cc2)CC1. The minimum atomic E-state index is -0.113. The number of methoxy groups -OCH3 is 2. The molecule has 2 aliphatic rings. The van der Waals surface area contributed by atoms with Gasteiger partial charge in [-0.15, -0.1) is 0 Å². The second-order valence-electron chi connectivity index (χ2n) is 8.70. The van der Waals surface area contributed by atoms with Crippen molar-refractivity contribution in [1.29, 1.82) is 0 Å². The number of ether oxygens (including phenoxy) is 2. The Kier molecular flexibility index (Phi) is 7.30. The highest BCUT2D eigenvalue weighted by Crippen LogP contribution is 2.35. The van der Waals surface area contributed by atoms with Gasteiger partial charge in [-0.1, -0.05) is 36.8 Å². The fourth-order valence-electron chi connectivity index (χ4n) is 4.51. The fourth-order valence-corrected chi connectivity index (χ4v) is 4.51. The van der Waals surface area contributed by atoms with Gasteiger partial charge in [0.15, 0.2) is 11.5 Å². The number of rotatable bonds is 7. The molecule has 7 nitrogen and oxygen atoms in total. The van der Waals surface area contributed by atoms with Crippen LogP contribution in [-0.4, -0.2) is 79.9 Å². The zero-order valence-corrected chi connectivity index (χ0v) is 20.1. The summed E-state index contributed by atoms with van der Waals surface area (Å²) in [5.74, 6) is 1.37. The van der Waals surface area contributed by atoms with E-state index < -0.39 is 0 Å². The number of carbonyl (C=O) groups is 1. The highest BCUT2D eigenvalue weighted by molar-refractivity contribution is 6.03. The third kappa shape index (κ3) is 5.20.